The molecule has 1 aliphatic rings. The van der Waals surface area contributed by atoms with Gasteiger partial charge in [-0.15, -0.1) is 0 Å². The van der Waals surface area contributed by atoms with Crippen LogP contribution in [0.1, 0.15) is 0 Å². The molecule has 0 spiro atoms. The van der Waals surface area contributed by atoms with Crippen LogP contribution in [-0.4, -0.2) is 6.29 Å². The standard InChI is InChI=1S/C11H9FOS/c12-10-5-1-2-6-11(10)14-7-3-4-9(14)8-13/h1-8,14H. The molecule has 0 saturated carbocycles. The van der Waals surface area contributed by atoms with E-state index in [-0.39, 0.29) is 5.82 Å². The van der Waals surface area contributed by atoms with Gasteiger partial charge in [-0.05, 0) is 23.6 Å². The third-order valence-corrected chi connectivity index (χ3v) is 4.18. The zero-order valence-electron chi connectivity index (χ0n) is 7.35. The third kappa shape index (κ3) is 1.51. The average molecular weight is 208 g/mol. The van der Waals surface area contributed by atoms with Crippen LogP contribution in [0.4, 0.5) is 4.39 Å². The Bertz CT molecular complexity index is 423. The zero-order chi connectivity index (χ0) is 9.97. The number of hydrogen-bond donors (Lipinski definition) is 1. The van der Waals surface area contributed by atoms with Gasteiger partial charge in [0.2, 0.25) is 0 Å². The molecular weight excluding hydrogens is 199 g/mol. The first-order valence-corrected chi connectivity index (χ1v) is 5.61. The molecule has 3 heteroatoms. The zero-order valence-corrected chi connectivity index (χ0v) is 8.25. The second-order valence-corrected chi connectivity index (χ2v) is 4.91. The number of benzene rings is 1. The van der Waals surface area contributed by atoms with E-state index < -0.39 is 10.9 Å². The van der Waals surface area contributed by atoms with E-state index in [1.54, 1.807) is 24.3 Å². The minimum atomic E-state index is -0.887. The maximum atomic E-state index is 13.4. The molecule has 2 rings (SSSR count). The molecule has 1 nitrogen and oxygen atoms in total. The molecule has 1 aliphatic heterocycles. The molecule has 72 valence electrons. The molecule has 1 aromatic carbocycles. The van der Waals surface area contributed by atoms with Gasteiger partial charge in [-0.1, -0.05) is 18.2 Å². The lowest BCUT2D eigenvalue weighted by atomic mass is 10.3. The molecule has 1 unspecified atom stereocenters. The van der Waals surface area contributed by atoms with Crippen LogP contribution in [0.15, 0.2) is 51.6 Å². The third-order valence-electron chi connectivity index (χ3n) is 2.01. The lowest BCUT2D eigenvalue weighted by Gasteiger charge is -2.14. The van der Waals surface area contributed by atoms with Gasteiger partial charge in [-0.3, -0.25) is 4.79 Å². The highest BCUT2D eigenvalue weighted by Gasteiger charge is 2.15. The van der Waals surface area contributed by atoms with Gasteiger partial charge in [0.15, 0.2) is 6.29 Å². The minimum Gasteiger partial charge on any atom is -0.297 e. The van der Waals surface area contributed by atoms with Crippen molar-refractivity contribution in [3.8, 4) is 0 Å². The van der Waals surface area contributed by atoms with Gasteiger partial charge in [0.25, 0.3) is 0 Å². The number of allylic oxidation sites excluding steroid dienone is 3. The van der Waals surface area contributed by atoms with Gasteiger partial charge >= 0.3 is 0 Å². The van der Waals surface area contributed by atoms with Crippen LogP contribution in [0, 0.1) is 5.82 Å². The van der Waals surface area contributed by atoms with Crippen molar-refractivity contribution in [1.82, 2.24) is 0 Å². The smallest absolute Gasteiger partial charge is 0.155 e. The first-order chi connectivity index (χ1) is 6.83. The summed E-state index contributed by atoms with van der Waals surface area (Å²) in [7, 11) is -0.887. The highest BCUT2D eigenvalue weighted by atomic mass is 32.2. The van der Waals surface area contributed by atoms with E-state index in [4.69, 9.17) is 0 Å². The summed E-state index contributed by atoms with van der Waals surface area (Å²) in [6, 6.07) is 6.59. The molecular formula is C11H9FOS. The lowest BCUT2D eigenvalue weighted by Crippen LogP contribution is -1.88. The van der Waals surface area contributed by atoms with Crippen LogP contribution >= 0.6 is 10.9 Å². The number of rotatable bonds is 2. The predicted molar refractivity (Wildman–Crippen MR) is 56.9 cm³/mol. The Hall–Kier alpha value is -1.35. The van der Waals surface area contributed by atoms with E-state index in [0.29, 0.717) is 9.80 Å². The summed E-state index contributed by atoms with van der Waals surface area (Å²) in [5, 5.41) is 1.89. The molecule has 1 aromatic rings. The van der Waals surface area contributed by atoms with Crippen molar-refractivity contribution in [2.75, 3.05) is 0 Å². The van der Waals surface area contributed by atoms with Gasteiger partial charge in [0.05, 0.1) is 0 Å². The maximum Gasteiger partial charge on any atom is 0.155 e. The normalized spacial score (nSPS) is 22.1. The highest BCUT2D eigenvalue weighted by molar-refractivity contribution is 8.23. The number of hydrogen-bond acceptors (Lipinski definition) is 1. The van der Waals surface area contributed by atoms with Crippen LogP contribution in [0.5, 0.6) is 0 Å². The molecule has 0 aliphatic carbocycles. The largest absolute Gasteiger partial charge is 0.297 e. The van der Waals surface area contributed by atoms with E-state index in [2.05, 4.69) is 0 Å². The van der Waals surface area contributed by atoms with Crippen LogP contribution in [0.2, 0.25) is 0 Å². The van der Waals surface area contributed by atoms with Crippen molar-refractivity contribution in [3.63, 3.8) is 0 Å². The molecule has 1 atom stereocenters. The van der Waals surface area contributed by atoms with Crippen LogP contribution in [0.25, 0.3) is 0 Å². The van der Waals surface area contributed by atoms with Crippen molar-refractivity contribution >= 4 is 17.2 Å². The van der Waals surface area contributed by atoms with E-state index in [9.17, 15) is 9.18 Å². The summed E-state index contributed by atoms with van der Waals surface area (Å²) in [5.74, 6) is -0.238. The topological polar surface area (TPSA) is 17.1 Å². The maximum absolute atomic E-state index is 13.4. The minimum absolute atomic E-state index is 0.238. The summed E-state index contributed by atoms with van der Waals surface area (Å²) in [4.78, 5) is 12.0. The number of halogens is 1. The van der Waals surface area contributed by atoms with Crippen molar-refractivity contribution < 1.29 is 9.18 Å². The van der Waals surface area contributed by atoms with Gasteiger partial charge in [0, 0.05) is 9.80 Å². The summed E-state index contributed by atoms with van der Waals surface area (Å²) < 4.78 is 13.4. The quantitative estimate of drug-likeness (QED) is 0.584. The first-order valence-electron chi connectivity index (χ1n) is 4.20. The first kappa shape index (κ1) is 9.21. The Morgan fingerprint density at radius 3 is 2.79 bits per heavy atom. The molecule has 1 heterocycles. The van der Waals surface area contributed by atoms with Crippen molar-refractivity contribution in [3.05, 3.63) is 52.5 Å². The highest BCUT2D eigenvalue weighted by Crippen LogP contribution is 2.48. The Balaban J connectivity index is 2.41. The second-order valence-electron chi connectivity index (χ2n) is 2.87. The van der Waals surface area contributed by atoms with E-state index in [1.807, 2.05) is 11.5 Å². The van der Waals surface area contributed by atoms with Gasteiger partial charge in [-0.2, -0.15) is 10.9 Å². The van der Waals surface area contributed by atoms with E-state index in [1.165, 1.54) is 6.07 Å². The molecule has 0 N–H and O–H groups in total. The van der Waals surface area contributed by atoms with E-state index >= 15 is 0 Å². The lowest BCUT2D eigenvalue weighted by molar-refractivity contribution is -0.104. The summed E-state index contributed by atoms with van der Waals surface area (Å²) in [6.07, 6.45) is 4.35. The van der Waals surface area contributed by atoms with Gasteiger partial charge in [-0.25, -0.2) is 4.39 Å². The Morgan fingerprint density at radius 1 is 1.29 bits per heavy atom. The second kappa shape index (κ2) is 3.80. The van der Waals surface area contributed by atoms with Gasteiger partial charge in [0.1, 0.15) is 5.82 Å². The monoisotopic (exact) mass is 208 g/mol. The van der Waals surface area contributed by atoms with Gasteiger partial charge < -0.3 is 0 Å². The molecule has 0 aromatic heterocycles. The SMILES string of the molecule is O=CC1=CC=C[SH]1c1ccccc1F. The van der Waals surface area contributed by atoms with Crippen LogP contribution < -0.4 is 0 Å². The van der Waals surface area contributed by atoms with Crippen molar-refractivity contribution in [2.24, 2.45) is 0 Å². The predicted octanol–water partition coefficient (Wildman–Crippen LogP) is 2.80. The summed E-state index contributed by atoms with van der Waals surface area (Å²) >= 11 is 0. The molecule has 14 heavy (non-hydrogen) atoms. The van der Waals surface area contributed by atoms with Crippen LogP contribution in [-0.2, 0) is 4.79 Å². The fourth-order valence-corrected chi connectivity index (χ4v) is 3.14. The summed E-state index contributed by atoms with van der Waals surface area (Å²) in [6.45, 7) is 0. The van der Waals surface area contributed by atoms with Crippen molar-refractivity contribution in [1.29, 1.82) is 0 Å². The fraction of sp³-hybridized carbons (Fsp3) is 0. The Morgan fingerprint density at radius 2 is 2.07 bits per heavy atom. The van der Waals surface area contributed by atoms with Crippen LogP contribution in [0.3, 0.4) is 0 Å². The molecule has 0 fully saturated rings. The Kier molecular flexibility index (Phi) is 2.50. The molecule has 0 saturated heterocycles. The number of carbonyl (C=O) groups excluding carboxylic acids is 1. The number of thiol groups is 1. The molecule has 0 amide bonds. The Labute approximate surface area is 84.3 Å². The fourth-order valence-electron chi connectivity index (χ4n) is 1.36. The number of carbonyl (C=O) groups is 1. The average Bonchev–Trinajstić information content (AvgIpc) is 2.66. The number of aldehydes is 1. The van der Waals surface area contributed by atoms with Crippen molar-refractivity contribution in [2.45, 2.75) is 4.90 Å². The molecule has 0 radical (unpaired) electrons. The summed E-state index contributed by atoms with van der Waals surface area (Å²) in [5.41, 5.74) is 0. The van der Waals surface area contributed by atoms with E-state index in [0.717, 1.165) is 6.29 Å². The molecule has 0 bridgehead atoms.